The van der Waals surface area contributed by atoms with Crippen molar-refractivity contribution in [3.8, 4) is 6.07 Å². The lowest BCUT2D eigenvalue weighted by molar-refractivity contribution is 0.321. The molecular formula is C11H21N3O2S. The van der Waals surface area contributed by atoms with Crippen LogP contribution in [-0.4, -0.2) is 43.1 Å². The topological polar surface area (TPSA) is 73.2 Å². The number of hydrogen-bond donors (Lipinski definition) is 1. The van der Waals surface area contributed by atoms with E-state index < -0.39 is 15.3 Å². The molecule has 0 spiro atoms. The summed E-state index contributed by atoms with van der Waals surface area (Å²) in [6.45, 7) is 6.54. The number of nitrogens with zero attached hydrogens (tertiary/aromatic N) is 2. The SMILES string of the molecule is CC(C)N(CC1CCCN1)S(=O)(=O)C(C)C#N. The van der Waals surface area contributed by atoms with E-state index in [1.165, 1.54) is 11.2 Å². The molecule has 0 amide bonds. The first-order valence-electron chi connectivity index (χ1n) is 6.03. The van der Waals surface area contributed by atoms with Crippen LogP contribution in [0, 0.1) is 11.3 Å². The van der Waals surface area contributed by atoms with Crippen LogP contribution in [0.4, 0.5) is 0 Å². The zero-order valence-corrected chi connectivity index (χ0v) is 11.5. The van der Waals surface area contributed by atoms with Gasteiger partial charge in [-0.3, -0.25) is 0 Å². The van der Waals surface area contributed by atoms with E-state index in [-0.39, 0.29) is 12.1 Å². The summed E-state index contributed by atoms with van der Waals surface area (Å²) in [5, 5.41) is 11.1. The largest absolute Gasteiger partial charge is 0.313 e. The van der Waals surface area contributed by atoms with Gasteiger partial charge >= 0.3 is 0 Å². The molecule has 2 unspecified atom stereocenters. The maximum absolute atomic E-state index is 12.2. The molecular weight excluding hydrogens is 238 g/mol. The van der Waals surface area contributed by atoms with Crippen LogP contribution < -0.4 is 5.32 Å². The quantitative estimate of drug-likeness (QED) is 0.788. The molecule has 2 atom stereocenters. The summed E-state index contributed by atoms with van der Waals surface area (Å²) in [4.78, 5) is 0. The number of nitriles is 1. The molecule has 1 saturated heterocycles. The van der Waals surface area contributed by atoms with Crippen LogP contribution in [-0.2, 0) is 10.0 Å². The van der Waals surface area contributed by atoms with E-state index in [9.17, 15) is 8.42 Å². The average molecular weight is 259 g/mol. The third-order valence-corrected chi connectivity index (χ3v) is 5.32. The Labute approximate surface area is 104 Å². The first kappa shape index (κ1) is 14.4. The first-order valence-corrected chi connectivity index (χ1v) is 7.53. The van der Waals surface area contributed by atoms with Crippen LogP contribution in [0.1, 0.15) is 33.6 Å². The zero-order chi connectivity index (χ0) is 13.1. The van der Waals surface area contributed by atoms with Crippen LogP contribution >= 0.6 is 0 Å². The highest BCUT2D eigenvalue weighted by Gasteiger charge is 2.33. The fraction of sp³-hybridized carbons (Fsp3) is 0.909. The normalized spacial score (nSPS) is 22.9. The Balaban J connectivity index is 2.82. The fourth-order valence-corrected chi connectivity index (χ4v) is 3.52. The van der Waals surface area contributed by atoms with E-state index in [2.05, 4.69) is 5.32 Å². The van der Waals surface area contributed by atoms with Crippen molar-refractivity contribution in [2.45, 2.75) is 50.9 Å². The summed E-state index contributed by atoms with van der Waals surface area (Å²) in [5.74, 6) is 0. The summed E-state index contributed by atoms with van der Waals surface area (Å²) in [6.07, 6.45) is 2.09. The Bertz CT molecular complexity index is 380. The number of rotatable bonds is 5. The van der Waals surface area contributed by atoms with Crippen LogP contribution in [0.3, 0.4) is 0 Å². The minimum atomic E-state index is -3.51. The molecule has 6 heteroatoms. The highest BCUT2D eigenvalue weighted by atomic mass is 32.2. The maximum atomic E-state index is 12.2. The monoisotopic (exact) mass is 259 g/mol. The minimum absolute atomic E-state index is 0.113. The van der Waals surface area contributed by atoms with E-state index in [0.29, 0.717) is 6.54 Å². The smallest absolute Gasteiger partial charge is 0.230 e. The molecule has 0 aromatic carbocycles. The second kappa shape index (κ2) is 5.80. The second-order valence-corrected chi connectivity index (χ2v) is 6.98. The third kappa shape index (κ3) is 3.41. The van der Waals surface area contributed by atoms with E-state index >= 15 is 0 Å². The van der Waals surface area contributed by atoms with Gasteiger partial charge in [-0.05, 0) is 40.2 Å². The van der Waals surface area contributed by atoms with Gasteiger partial charge in [0.25, 0.3) is 0 Å². The molecule has 1 heterocycles. The molecule has 98 valence electrons. The molecule has 17 heavy (non-hydrogen) atoms. The maximum Gasteiger partial charge on any atom is 0.230 e. The second-order valence-electron chi connectivity index (χ2n) is 4.77. The standard InChI is InChI=1S/C11H21N3O2S/c1-9(2)14(8-11-5-4-6-13-11)17(15,16)10(3)7-12/h9-11,13H,4-6,8H2,1-3H3. The molecule has 1 fully saturated rings. The lowest BCUT2D eigenvalue weighted by atomic mass is 10.2. The molecule has 0 bridgehead atoms. The van der Waals surface area contributed by atoms with Crippen molar-refractivity contribution in [1.82, 2.24) is 9.62 Å². The zero-order valence-electron chi connectivity index (χ0n) is 10.7. The van der Waals surface area contributed by atoms with Crippen LogP contribution in [0.2, 0.25) is 0 Å². The highest BCUT2D eigenvalue weighted by molar-refractivity contribution is 7.90. The van der Waals surface area contributed by atoms with Crippen molar-refractivity contribution in [3.63, 3.8) is 0 Å². The number of sulfonamides is 1. The van der Waals surface area contributed by atoms with Gasteiger partial charge in [0.05, 0.1) is 6.07 Å². The third-order valence-electron chi connectivity index (χ3n) is 3.09. The van der Waals surface area contributed by atoms with Gasteiger partial charge in [0.2, 0.25) is 10.0 Å². The minimum Gasteiger partial charge on any atom is -0.313 e. The molecule has 1 rings (SSSR count). The van der Waals surface area contributed by atoms with Gasteiger partial charge in [-0.15, -0.1) is 0 Å². The molecule has 0 aromatic heterocycles. The average Bonchev–Trinajstić information content (AvgIpc) is 2.76. The van der Waals surface area contributed by atoms with Gasteiger partial charge in [0.15, 0.2) is 5.25 Å². The summed E-state index contributed by atoms with van der Waals surface area (Å²) in [5.41, 5.74) is 0. The summed E-state index contributed by atoms with van der Waals surface area (Å²) < 4.78 is 25.8. The number of hydrogen-bond acceptors (Lipinski definition) is 4. The predicted octanol–water partition coefficient (Wildman–Crippen LogP) is 0.691. The van der Waals surface area contributed by atoms with E-state index in [1.807, 2.05) is 19.9 Å². The summed E-state index contributed by atoms with van der Waals surface area (Å²) >= 11 is 0. The lowest BCUT2D eigenvalue weighted by Crippen LogP contribution is -2.47. The summed E-state index contributed by atoms with van der Waals surface area (Å²) in [6, 6.07) is 1.92. The van der Waals surface area contributed by atoms with E-state index in [4.69, 9.17) is 5.26 Å². The first-order chi connectivity index (χ1) is 7.89. The Morgan fingerprint density at radius 2 is 2.12 bits per heavy atom. The Morgan fingerprint density at radius 3 is 2.53 bits per heavy atom. The van der Waals surface area contributed by atoms with Crippen molar-refractivity contribution >= 4 is 10.0 Å². The van der Waals surface area contributed by atoms with Crippen LogP contribution in [0.5, 0.6) is 0 Å². The van der Waals surface area contributed by atoms with Crippen molar-refractivity contribution in [3.05, 3.63) is 0 Å². The molecule has 0 radical (unpaired) electrons. The van der Waals surface area contributed by atoms with Gasteiger partial charge in [0, 0.05) is 18.6 Å². The van der Waals surface area contributed by atoms with Crippen molar-refractivity contribution < 1.29 is 8.42 Å². The van der Waals surface area contributed by atoms with Crippen LogP contribution in [0.15, 0.2) is 0 Å². The Morgan fingerprint density at radius 1 is 1.47 bits per heavy atom. The Kier molecular flexibility index (Phi) is 4.92. The summed E-state index contributed by atoms with van der Waals surface area (Å²) in [7, 11) is -3.51. The van der Waals surface area contributed by atoms with Crippen molar-refractivity contribution in [2.75, 3.05) is 13.1 Å². The van der Waals surface area contributed by atoms with Gasteiger partial charge < -0.3 is 5.32 Å². The molecule has 0 aliphatic carbocycles. The van der Waals surface area contributed by atoms with Crippen LogP contribution in [0.25, 0.3) is 0 Å². The fourth-order valence-electron chi connectivity index (χ4n) is 2.01. The van der Waals surface area contributed by atoms with Gasteiger partial charge in [-0.2, -0.15) is 9.57 Å². The molecule has 0 saturated carbocycles. The van der Waals surface area contributed by atoms with Gasteiger partial charge in [0.1, 0.15) is 0 Å². The highest BCUT2D eigenvalue weighted by Crippen LogP contribution is 2.16. The predicted molar refractivity (Wildman–Crippen MR) is 66.9 cm³/mol. The number of nitrogens with one attached hydrogen (secondary N) is 1. The molecule has 0 aromatic rings. The molecule has 5 nitrogen and oxygen atoms in total. The van der Waals surface area contributed by atoms with Gasteiger partial charge in [-0.1, -0.05) is 0 Å². The van der Waals surface area contributed by atoms with E-state index in [0.717, 1.165) is 19.4 Å². The van der Waals surface area contributed by atoms with Crippen molar-refractivity contribution in [1.29, 1.82) is 5.26 Å². The molecule has 1 aliphatic rings. The van der Waals surface area contributed by atoms with Gasteiger partial charge in [-0.25, -0.2) is 8.42 Å². The molecule has 1 aliphatic heterocycles. The van der Waals surface area contributed by atoms with E-state index in [1.54, 1.807) is 0 Å². The Hall–Kier alpha value is -0.640. The molecule has 1 N–H and O–H groups in total. The van der Waals surface area contributed by atoms with Crippen molar-refractivity contribution in [2.24, 2.45) is 0 Å². The lowest BCUT2D eigenvalue weighted by Gasteiger charge is -2.29.